The van der Waals surface area contributed by atoms with Crippen LogP contribution in [0.4, 0.5) is 0 Å². The second-order valence-electron chi connectivity index (χ2n) is 5.58. The maximum atomic E-state index is 4.76. The van der Waals surface area contributed by atoms with Crippen molar-refractivity contribution in [3.8, 4) is 0 Å². The molecule has 0 spiro atoms. The van der Waals surface area contributed by atoms with Gasteiger partial charge in [-0.25, -0.2) is 4.98 Å². The van der Waals surface area contributed by atoms with E-state index < -0.39 is 0 Å². The molecule has 2 aromatic rings. The van der Waals surface area contributed by atoms with E-state index in [9.17, 15) is 0 Å². The third kappa shape index (κ3) is 2.97. The number of aryl methyl sites for hydroxylation is 3. The van der Waals surface area contributed by atoms with E-state index in [2.05, 4.69) is 60.2 Å². The van der Waals surface area contributed by atoms with Gasteiger partial charge in [-0.15, -0.1) is 11.3 Å². The lowest BCUT2D eigenvalue weighted by Crippen LogP contribution is -2.24. The van der Waals surface area contributed by atoms with Gasteiger partial charge in [-0.3, -0.25) is 0 Å². The Kier molecular flexibility index (Phi) is 3.98. The minimum atomic E-state index is 0.219. The molecule has 1 aliphatic rings. The first-order valence-electron chi connectivity index (χ1n) is 7.00. The van der Waals surface area contributed by atoms with E-state index in [1.807, 2.05) is 11.3 Å². The van der Waals surface area contributed by atoms with Crippen LogP contribution in [0.1, 0.15) is 45.6 Å². The number of aromatic nitrogens is 1. The second kappa shape index (κ2) is 5.58. The monoisotopic (exact) mass is 350 g/mol. The number of thiazole rings is 1. The van der Waals surface area contributed by atoms with Crippen molar-refractivity contribution in [1.29, 1.82) is 0 Å². The highest BCUT2D eigenvalue weighted by Crippen LogP contribution is 2.33. The Hall–Kier alpha value is -0.710. The number of rotatable bonds is 4. The van der Waals surface area contributed by atoms with Gasteiger partial charge in [-0.1, -0.05) is 28.1 Å². The highest BCUT2D eigenvalue weighted by Gasteiger charge is 2.28. The summed E-state index contributed by atoms with van der Waals surface area (Å²) in [4.78, 5) is 6.07. The summed E-state index contributed by atoms with van der Waals surface area (Å²) in [5, 5.41) is 4.92. The summed E-state index contributed by atoms with van der Waals surface area (Å²) < 4.78 is 1.17. The molecule has 4 heteroatoms. The van der Waals surface area contributed by atoms with E-state index >= 15 is 0 Å². The van der Waals surface area contributed by atoms with Gasteiger partial charge < -0.3 is 5.32 Å². The Morgan fingerprint density at radius 2 is 2.05 bits per heavy atom. The summed E-state index contributed by atoms with van der Waals surface area (Å²) in [7, 11) is 0. The molecular formula is C16H19BrN2S. The topological polar surface area (TPSA) is 24.9 Å². The summed E-state index contributed by atoms with van der Waals surface area (Å²) >= 11 is 5.45. The standard InChI is InChI=1S/C16H19BrN2S/c1-9-4-5-12(8-14(9)17)15(19-13-6-7-13)16-18-10(2)11(3)20-16/h4-5,8,13,15,19H,6-7H2,1-3H3. The molecule has 1 aromatic carbocycles. The first kappa shape index (κ1) is 14.2. The molecular weight excluding hydrogens is 332 g/mol. The number of halogens is 1. The third-order valence-electron chi connectivity index (χ3n) is 3.80. The van der Waals surface area contributed by atoms with Gasteiger partial charge >= 0.3 is 0 Å². The molecule has 0 aliphatic heterocycles. The van der Waals surface area contributed by atoms with Gasteiger partial charge in [0.2, 0.25) is 0 Å². The Morgan fingerprint density at radius 1 is 1.30 bits per heavy atom. The van der Waals surface area contributed by atoms with Crippen molar-refractivity contribution in [3.05, 3.63) is 49.4 Å². The van der Waals surface area contributed by atoms with Gasteiger partial charge in [0.25, 0.3) is 0 Å². The van der Waals surface area contributed by atoms with Crippen LogP contribution in [-0.4, -0.2) is 11.0 Å². The van der Waals surface area contributed by atoms with Crippen molar-refractivity contribution in [2.24, 2.45) is 0 Å². The minimum absolute atomic E-state index is 0.219. The van der Waals surface area contributed by atoms with Crippen LogP contribution in [0.15, 0.2) is 22.7 Å². The van der Waals surface area contributed by atoms with E-state index in [-0.39, 0.29) is 6.04 Å². The van der Waals surface area contributed by atoms with Gasteiger partial charge in [0.15, 0.2) is 0 Å². The van der Waals surface area contributed by atoms with E-state index in [1.54, 1.807) is 0 Å². The summed E-state index contributed by atoms with van der Waals surface area (Å²) in [5.74, 6) is 0. The molecule has 0 saturated heterocycles. The molecule has 1 saturated carbocycles. The zero-order valence-corrected chi connectivity index (χ0v) is 14.4. The smallest absolute Gasteiger partial charge is 0.115 e. The lowest BCUT2D eigenvalue weighted by molar-refractivity contribution is 0.597. The van der Waals surface area contributed by atoms with Crippen molar-refractivity contribution in [1.82, 2.24) is 10.3 Å². The number of nitrogens with zero attached hydrogens (tertiary/aromatic N) is 1. The Labute approximate surface area is 132 Å². The second-order valence-corrected chi connectivity index (χ2v) is 7.67. The van der Waals surface area contributed by atoms with E-state index in [0.717, 1.165) is 5.69 Å². The largest absolute Gasteiger partial charge is 0.301 e. The van der Waals surface area contributed by atoms with Gasteiger partial charge in [0, 0.05) is 15.4 Å². The van der Waals surface area contributed by atoms with Crippen LogP contribution in [0.3, 0.4) is 0 Å². The molecule has 1 aliphatic carbocycles. The number of hydrogen-bond donors (Lipinski definition) is 1. The predicted molar refractivity (Wildman–Crippen MR) is 88.5 cm³/mol. The number of hydrogen-bond acceptors (Lipinski definition) is 3. The summed E-state index contributed by atoms with van der Waals surface area (Å²) in [5.41, 5.74) is 3.72. The average Bonchev–Trinajstić information content (AvgIpc) is 3.17. The molecule has 3 rings (SSSR count). The van der Waals surface area contributed by atoms with Gasteiger partial charge in [-0.05, 0) is 50.8 Å². The summed E-state index contributed by atoms with van der Waals surface area (Å²) in [6, 6.07) is 7.49. The minimum Gasteiger partial charge on any atom is -0.301 e. The molecule has 106 valence electrons. The molecule has 0 amide bonds. The molecule has 2 nitrogen and oxygen atoms in total. The van der Waals surface area contributed by atoms with Crippen molar-refractivity contribution in [2.75, 3.05) is 0 Å². The molecule has 20 heavy (non-hydrogen) atoms. The highest BCUT2D eigenvalue weighted by molar-refractivity contribution is 9.10. The van der Waals surface area contributed by atoms with Crippen molar-refractivity contribution < 1.29 is 0 Å². The van der Waals surface area contributed by atoms with Crippen LogP contribution in [0.25, 0.3) is 0 Å². The summed E-state index contributed by atoms with van der Waals surface area (Å²) in [6.07, 6.45) is 2.57. The quantitative estimate of drug-likeness (QED) is 0.866. The Balaban J connectivity index is 1.97. The maximum Gasteiger partial charge on any atom is 0.115 e. The average molecular weight is 351 g/mol. The van der Waals surface area contributed by atoms with Gasteiger partial charge in [0.05, 0.1) is 11.7 Å². The maximum absolute atomic E-state index is 4.76. The zero-order valence-electron chi connectivity index (χ0n) is 12.0. The van der Waals surface area contributed by atoms with Crippen LogP contribution in [0, 0.1) is 20.8 Å². The van der Waals surface area contributed by atoms with Crippen molar-refractivity contribution >= 4 is 27.3 Å². The normalized spacial score (nSPS) is 16.4. The third-order valence-corrected chi connectivity index (χ3v) is 5.79. The Bertz CT molecular complexity index is 612. The molecule has 1 N–H and O–H groups in total. The van der Waals surface area contributed by atoms with Crippen LogP contribution in [-0.2, 0) is 0 Å². The molecule has 1 unspecified atom stereocenters. The van der Waals surface area contributed by atoms with Crippen LogP contribution in [0.2, 0.25) is 0 Å². The van der Waals surface area contributed by atoms with Gasteiger partial charge in [0.1, 0.15) is 5.01 Å². The number of benzene rings is 1. The first-order valence-corrected chi connectivity index (χ1v) is 8.61. The highest BCUT2D eigenvalue weighted by atomic mass is 79.9. The molecule has 1 atom stereocenters. The molecule has 0 radical (unpaired) electrons. The lowest BCUT2D eigenvalue weighted by Gasteiger charge is -2.17. The molecule has 0 bridgehead atoms. The first-order chi connectivity index (χ1) is 9.54. The molecule has 1 aromatic heterocycles. The predicted octanol–water partition coefficient (Wildman–Crippen LogP) is 4.67. The lowest BCUT2D eigenvalue weighted by atomic mass is 10.1. The zero-order chi connectivity index (χ0) is 14.3. The SMILES string of the molecule is Cc1ccc(C(NC2CC2)c2nc(C)c(C)s2)cc1Br. The fourth-order valence-electron chi connectivity index (χ4n) is 2.21. The Morgan fingerprint density at radius 3 is 2.60 bits per heavy atom. The van der Waals surface area contributed by atoms with Crippen molar-refractivity contribution in [2.45, 2.75) is 45.7 Å². The molecule has 1 fully saturated rings. The van der Waals surface area contributed by atoms with Crippen molar-refractivity contribution in [3.63, 3.8) is 0 Å². The molecule has 1 heterocycles. The van der Waals surface area contributed by atoms with Crippen LogP contribution >= 0.6 is 27.3 Å². The van der Waals surface area contributed by atoms with Crippen LogP contribution in [0.5, 0.6) is 0 Å². The van der Waals surface area contributed by atoms with E-state index in [1.165, 1.54) is 38.3 Å². The van der Waals surface area contributed by atoms with Gasteiger partial charge in [-0.2, -0.15) is 0 Å². The summed E-state index contributed by atoms with van der Waals surface area (Å²) in [6.45, 7) is 6.36. The van der Waals surface area contributed by atoms with E-state index in [0.29, 0.717) is 6.04 Å². The van der Waals surface area contributed by atoms with Crippen LogP contribution < -0.4 is 5.32 Å². The fourth-order valence-corrected chi connectivity index (χ4v) is 3.61. The number of nitrogens with one attached hydrogen (secondary N) is 1. The fraction of sp³-hybridized carbons (Fsp3) is 0.438. The van der Waals surface area contributed by atoms with E-state index in [4.69, 9.17) is 4.98 Å².